The summed E-state index contributed by atoms with van der Waals surface area (Å²) in [7, 11) is 0. The molecule has 1 amide bonds. The molecule has 7 nitrogen and oxygen atoms in total. The lowest BCUT2D eigenvalue weighted by Gasteiger charge is -2.24. The van der Waals surface area contributed by atoms with Crippen molar-refractivity contribution >= 4 is 11.7 Å². The minimum Gasteiger partial charge on any atom is -0.463 e. The summed E-state index contributed by atoms with van der Waals surface area (Å²) in [5.74, 6) is 0.530. The van der Waals surface area contributed by atoms with E-state index in [2.05, 4.69) is 15.4 Å². The Balaban J connectivity index is 1.95. The van der Waals surface area contributed by atoms with Gasteiger partial charge in [0, 0.05) is 12.3 Å². The maximum absolute atomic E-state index is 12.6. The number of hydrogen-bond donors (Lipinski definition) is 1. The number of nitrogens with one attached hydrogen (secondary N) is 1. The first-order valence-electron chi connectivity index (χ1n) is 7.36. The lowest BCUT2D eigenvalue weighted by molar-refractivity contribution is -0.123. The highest BCUT2D eigenvalue weighted by atomic mass is 16.3. The first kappa shape index (κ1) is 15.7. The van der Waals surface area contributed by atoms with Gasteiger partial charge in [-0.1, -0.05) is 6.07 Å². The molecular formula is C17H16N4O3. The SMILES string of the molecule is CC(C)(C(=O)Nc1ccccn1)n1nc(-c2ccco2)ccc1=O. The molecule has 3 heterocycles. The molecule has 7 heteroatoms. The predicted molar refractivity (Wildman–Crippen MR) is 88.4 cm³/mol. The second-order valence-electron chi connectivity index (χ2n) is 5.67. The summed E-state index contributed by atoms with van der Waals surface area (Å²) in [6, 6.07) is 11.6. The average Bonchev–Trinajstić information content (AvgIpc) is 3.10. The number of amides is 1. The Morgan fingerprint density at radius 1 is 1.17 bits per heavy atom. The minimum absolute atomic E-state index is 0.383. The van der Waals surface area contributed by atoms with Gasteiger partial charge in [-0.15, -0.1) is 0 Å². The van der Waals surface area contributed by atoms with Gasteiger partial charge in [-0.3, -0.25) is 9.59 Å². The zero-order valence-corrected chi connectivity index (χ0v) is 13.3. The molecule has 24 heavy (non-hydrogen) atoms. The van der Waals surface area contributed by atoms with Crippen LogP contribution < -0.4 is 10.9 Å². The molecule has 0 unspecified atom stereocenters. The van der Waals surface area contributed by atoms with E-state index in [9.17, 15) is 9.59 Å². The van der Waals surface area contributed by atoms with Crippen molar-refractivity contribution in [3.63, 3.8) is 0 Å². The van der Waals surface area contributed by atoms with Crippen LogP contribution in [0.5, 0.6) is 0 Å². The molecule has 0 aliphatic carbocycles. The molecule has 3 aromatic heterocycles. The lowest BCUT2D eigenvalue weighted by Crippen LogP contribution is -2.47. The van der Waals surface area contributed by atoms with Crippen LogP contribution >= 0.6 is 0 Å². The van der Waals surface area contributed by atoms with Crippen molar-refractivity contribution < 1.29 is 9.21 Å². The van der Waals surface area contributed by atoms with Crippen LogP contribution in [0.25, 0.3) is 11.5 Å². The van der Waals surface area contributed by atoms with Crippen LogP contribution in [0.1, 0.15) is 13.8 Å². The van der Waals surface area contributed by atoms with Crippen LogP contribution in [0.2, 0.25) is 0 Å². The lowest BCUT2D eigenvalue weighted by atomic mass is 10.0. The molecular weight excluding hydrogens is 308 g/mol. The van der Waals surface area contributed by atoms with Gasteiger partial charge in [0.1, 0.15) is 17.1 Å². The van der Waals surface area contributed by atoms with Gasteiger partial charge in [-0.05, 0) is 44.2 Å². The number of furan rings is 1. The number of aromatic nitrogens is 3. The van der Waals surface area contributed by atoms with E-state index in [1.807, 2.05) is 0 Å². The smallest absolute Gasteiger partial charge is 0.267 e. The molecule has 0 fully saturated rings. The second kappa shape index (κ2) is 6.11. The van der Waals surface area contributed by atoms with Gasteiger partial charge < -0.3 is 9.73 Å². The van der Waals surface area contributed by atoms with Crippen LogP contribution in [-0.4, -0.2) is 20.7 Å². The highest BCUT2D eigenvalue weighted by Gasteiger charge is 2.32. The molecule has 3 aromatic rings. The van der Waals surface area contributed by atoms with Gasteiger partial charge in [0.05, 0.1) is 6.26 Å². The molecule has 0 aromatic carbocycles. The molecule has 3 rings (SSSR count). The third-order valence-electron chi connectivity index (χ3n) is 3.57. The van der Waals surface area contributed by atoms with Gasteiger partial charge in [0.2, 0.25) is 0 Å². The number of rotatable bonds is 4. The first-order chi connectivity index (χ1) is 11.5. The van der Waals surface area contributed by atoms with Gasteiger partial charge in [-0.2, -0.15) is 5.10 Å². The van der Waals surface area contributed by atoms with Crippen molar-refractivity contribution in [3.05, 3.63) is 65.3 Å². The molecule has 0 bridgehead atoms. The number of pyridine rings is 1. The normalized spacial score (nSPS) is 11.2. The maximum atomic E-state index is 12.6. The quantitative estimate of drug-likeness (QED) is 0.795. The number of carbonyl (C=O) groups is 1. The Morgan fingerprint density at radius 3 is 2.67 bits per heavy atom. The van der Waals surface area contributed by atoms with Gasteiger partial charge in [0.25, 0.3) is 11.5 Å². The molecule has 0 saturated heterocycles. The van der Waals surface area contributed by atoms with Crippen molar-refractivity contribution in [3.8, 4) is 11.5 Å². The molecule has 0 atom stereocenters. The zero-order valence-electron chi connectivity index (χ0n) is 13.3. The van der Waals surface area contributed by atoms with Crippen molar-refractivity contribution in [1.29, 1.82) is 0 Å². The number of nitrogens with zero attached hydrogens (tertiary/aromatic N) is 3. The summed E-state index contributed by atoms with van der Waals surface area (Å²) in [6.45, 7) is 3.23. The van der Waals surface area contributed by atoms with E-state index < -0.39 is 11.4 Å². The molecule has 1 N–H and O–H groups in total. The predicted octanol–water partition coefficient (Wildman–Crippen LogP) is 2.27. The van der Waals surface area contributed by atoms with Crippen molar-refractivity contribution in [2.24, 2.45) is 0 Å². The van der Waals surface area contributed by atoms with Crippen LogP contribution in [0, 0.1) is 0 Å². The van der Waals surface area contributed by atoms with Crippen LogP contribution in [0.4, 0.5) is 5.82 Å². The Labute approximate surface area is 138 Å². The largest absolute Gasteiger partial charge is 0.463 e. The zero-order chi connectivity index (χ0) is 17.2. The van der Waals surface area contributed by atoms with E-state index in [0.717, 1.165) is 4.68 Å². The fourth-order valence-electron chi connectivity index (χ4n) is 2.17. The first-order valence-corrected chi connectivity index (χ1v) is 7.36. The summed E-state index contributed by atoms with van der Waals surface area (Å²) in [5.41, 5.74) is -1.12. The van der Waals surface area contributed by atoms with E-state index in [1.165, 1.54) is 12.3 Å². The summed E-state index contributed by atoms with van der Waals surface area (Å²) in [5, 5.41) is 6.97. The second-order valence-corrected chi connectivity index (χ2v) is 5.67. The van der Waals surface area contributed by atoms with E-state index in [0.29, 0.717) is 17.3 Å². The summed E-state index contributed by atoms with van der Waals surface area (Å²) in [6.07, 6.45) is 3.09. The third kappa shape index (κ3) is 2.96. The monoisotopic (exact) mass is 324 g/mol. The minimum atomic E-state index is -1.21. The van der Waals surface area contributed by atoms with Crippen molar-refractivity contribution in [1.82, 2.24) is 14.8 Å². The van der Waals surface area contributed by atoms with E-state index >= 15 is 0 Å². The fourth-order valence-corrected chi connectivity index (χ4v) is 2.17. The fraction of sp³-hybridized carbons (Fsp3) is 0.176. The van der Waals surface area contributed by atoms with E-state index in [-0.39, 0.29) is 5.56 Å². The summed E-state index contributed by atoms with van der Waals surface area (Å²) in [4.78, 5) is 28.9. The summed E-state index contributed by atoms with van der Waals surface area (Å²) >= 11 is 0. The molecule has 0 radical (unpaired) electrons. The highest BCUT2D eigenvalue weighted by molar-refractivity contribution is 5.95. The maximum Gasteiger partial charge on any atom is 0.267 e. The number of hydrogen-bond acceptors (Lipinski definition) is 5. The standard InChI is InChI=1S/C17H16N4O3/c1-17(2,16(23)19-14-7-3-4-10-18-14)21-15(22)9-8-12(20-21)13-6-5-11-24-13/h3-11H,1-2H3,(H,18,19,23). The van der Waals surface area contributed by atoms with Crippen molar-refractivity contribution in [2.75, 3.05) is 5.32 Å². The Hall–Kier alpha value is -3.22. The Kier molecular flexibility index (Phi) is 3.99. The van der Waals surface area contributed by atoms with Crippen LogP contribution in [-0.2, 0) is 10.3 Å². The molecule has 0 spiro atoms. The number of carbonyl (C=O) groups excluding carboxylic acids is 1. The Morgan fingerprint density at radius 2 is 2.00 bits per heavy atom. The average molecular weight is 324 g/mol. The van der Waals surface area contributed by atoms with Gasteiger partial charge in [0.15, 0.2) is 5.76 Å². The molecule has 122 valence electrons. The molecule has 0 saturated carbocycles. The van der Waals surface area contributed by atoms with Gasteiger partial charge in [-0.25, -0.2) is 9.67 Å². The van der Waals surface area contributed by atoms with Crippen molar-refractivity contribution in [2.45, 2.75) is 19.4 Å². The number of anilines is 1. The Bertz CT molecular complexity index is 899. The van der Waals surface area contributed by atoms with E-state index in [1.54, 1.807) is 56.4 Å². The van der Waals surface area contributed by atoms with Crippen LogP contribution in [0.15, 0.2) is 64.1 Å². The summed E-state index contributed by atoms with van der Waals surface area (Å²) < 4.78 is 6.44. The van der Waals surface area contributed by atoms with Crippen LogP contribution in [0.3, 0.4) is 0 Å². The third-order valence-corrected chi connectivity index (χ3v) is 3.57. The highest BCUT2D eigenvalue weighted by Crippen LogP contribution is 2.19. The molecule has 0 aliphatic rings. The topological polar surface area (TPSA) is 90.0 Å². The van der Waals surface area contributed by atoms with Gasteiger partial charge >= 0.3 is 0 Å². The molecule has 0 aliphatic heterocycles. The van der Waals surface area contributed by atoms with E-state index in [4.69, 9.17) is 4.42 Å².